The molecule has 0 fully saturated rings. The number of aryl methyl sites for hydroxylation is 1. The van der Waals surface area contributed by atoms with Gasteiger partial charge in [0.25, 0.3) is 0 Å². The van der Waals surface area contributed by atoms with Crippen LogP contribution in [0.5, 0.6) is 0 Å². The van der Waals surface area contributed by atoms with E-state index >= 15 is 0 Å². The third-order valence-electron chi connectivity index (χ3n) is 2.11. The first kappa shape index (κ1) is 11.2. The van der Waals surface area contributed by atoms with Crippen LogP contribution in [-0.4, -0.2) is 15.0 Å². The van der Waals surface area contributed by atoms with Crippen LogP contribution in [0.4, 0.5) is 5.95 Å². The van der Waals surface area contributed by atoms with Crippen LogP contribution in [0.2, 0.25) is 0 Å². The summed E-state index contributed by atoms with van der Waals surface area (Å²) < 4.78 is 1.27. The zero-order chi connectivity index (χ0) is 11.7. The van der Waals surface area contributed by atoms with Gasteiger partial charge < -0.3 is 10.7 Å². The maximum absolute atomic E-state index is 5.59. The fraction of sp³-hybridized carbons (Fsp3) is 0.100. The van der Waals surface area contributed by atoms with Gasteiger partial charge in [0.05, 0.1) is 0 Å². The largest absolute Gasteiger partial charge is 0.369 e. The molecule has 1 heterocycles. The lowest BCUT2D eigenvalue weighted by atomic mass is 10.1. The molecule has 0 amide bonds. The molecule has 82 valence electrons. The van der Waals surface area contributed by atoms with E-state index in [4.69, 9.17) is 18.0 Å². The Balaban J connectivity index is 2.63. The number of nitrogen functional groups attached to an aromatic ring is 1. The molecular weight excluding hydrogens is 288 g/mol. The standard InChI is InChI=1S/C10H9BrN4S/c1-5-4-6(11)2-3-7(5)8-13-9(12)15-10(16)14-8/h2-4H,1H3,(H3,12,13,14,15,16). The van der Waals surface area contributed by atoms with Gasteiger partial charge in [-0.05, 0) is 42.9 Å². The number of halogens is 1. The quantitative estimate of drug-likeness (QED) is 0.794. The number of nitrogens with one attached hydrogen (secondary N) is 1. The van der Waals surface area contributed by atoms with Crippen LogP contribution in [-0.2, 0) is 0 Å². The molecule has 0 unspecified atom stereocenters. The van der Waals surface area contributed by atoms with Crippen LogP contribution in [0.25, 0.3) is 11.4 Å². The first-order valence-corrected chi connectivity index (χ1v) is 5.77. The lowest BCUT2D eigenvalue weighted by Gasteiger charge is -2.06. The highest BCUT2D eigenvalue weighted by atomic mass is 79.9. The number of hydrogen-bond acceptors (Lipinski definition) is 4. The van der Waals surface area contributed by atoms with Gasteiger partial charge in [-0.3, -0.25) is 0 Å². The lowest BCUT2D eigenvalue weighted by Crippen LogP contribution is -2.00. The molecule has 1 aromatic heterocycles. The van der Waals surface area contributed by atoms with E-state index < -0.39 is 0 Å². The molecular formula is C10H9BrN4S. The molecule has 4 nitrogen and oxygen atoms in total. The van der Waals surface area contributed by atoms with Crippen molar-refractivity contribution >= 4 is 34.1 Å². The number of nitrogens with two attached hydrogens (primary N) is 1. The summed E-state index contributed by atoms with van der Waals surface area (Å²) in [6, 6.07) is 5.90. The summed E-state index contributed by atoms with van der Waals surface area (Å²) in [6.07, 6.45) is 0. The Morgan fingerprint density at radius 3 is 2.75 bits per heavy atom. The molecule has 0 aliphatic rings. The van der Waals surface area contributed by atoms with E-state index in [9.17, 15) is 0 Å². The van der Waals surface area contributed by atoms with E-state index in [-0.39, 0.29) is 10.7 Å². The number of aromatic amines is 1. The molecule has 0 saturated heterocycles. The van der Waals surface area contributed by atoms with Gasteiger partial charge in [-0.15, -0.1) is 0 Å². The van der Waals surface area contributed by atoms with Crippen LogP contribution < -0.4 is 5.73 Å². The third kappa shape index (κ3) is 2.28. The number of H-pyrrole nitrogens is 1. The van der Waals surface area contributed by atoms with Crippen LogP contribution >= 0.6 is 28.1 Å². The van der Waals surface area contributed by atoms with Gasteiger partial charge in [0.15, 0.2) is 0 Å². The number of hydrogen-bond donors (Lipinski definition) is 2. The fourth-order valence-corrected chi connectivity index (χ4v) is 2.09. The Morgan fingerprint density at radius 1 is 1.38 bits per heavy atom. The van der Waals surface area contributed by atoms with Crippen LogP contribution in [0.3, 0.4) is 0 Å². The van der Waals surface area contributed by atoms with Crippen molar-refractivity contribution in [2.75, 3.05) is 5.73 Å². The Morgan fingerprint density at radius 2 is 2.12 bits per heavy atom. The summed E-state index contributed by atoms with van der Waals surface area (Å²) in [4.78, 5) is 10.9. The summed E-state index contributed by atoms with van der Waals surface area (Å²) in [6.45, 7) is 2.00. The van der Waals surface area contributed by atoms with Gasteiger partial charge in [0.1, 0.15) is 5.82 Å². The molecule has 16 heavy (non-hydrogen) atoms. The van der Waals surface area contributed by atoms with Crippen molar-refractivity contribution in [1.82, 2.24) is 15.0 Å². The zero-order valence-electron chi connectivity index (χ0n) is 8.49. The molecule has 0 saturated carbocycles. The molecule has 1 aromatic carbocycles. The predicted octanol–water partition coefficient (Wildman–Crippen LogP) is 2.85. The second kappa shape index (κ2) is 4.31. The second-order valence-corrected chi connectivity index (χ2v) is 4.61. The predicted molar refractivity (Wildman–Crippen MR) is 69.5 cm³/mol. The highest BCUT2D eigenvalue weighted by Crippen LogP contribution is 2.23. The number of aromatic nitrogens is 3. The summed E-state index contributed by atoms with van der Waals surface area (Å²) in [5.74, 6) is 0.916. The van der Waals surface area contributed by atoms with Gasteiger partial charge in [-0.1, -0.05) is 15.9 Å². The molecule has 3 N–H and O–H groups in total. The number of anilines is 1. The van der Waals surface area contributed by atoms with Crippen LogP contribution in [0.1, 0.15) is 5.56 Å². The van der Waals surface area contributed by atoms with Gasteiger partial charge >= 0.3 is 0 Å². The highest BCUT2D eigenvalue weighted by Gasteiger charge is 2.05. The minimum atomic E-state index is 0.244. The van der Waals surface area contributed by atoms with Crippen molar-refractivity contribution in [2.45, 2.75) is 6.92 Å². The van der Waals surface area contributed by atoms with Crippen molar-refractivity contribution in [1.29, 1.82) is 0 Å². The van der Waals surface area contributed by atoms with E-state index in [1.54, 1.807) is 0 Å². The van der Waals surface area contributed by atoms with E-state index in [2.05, 4.69) is 30.9 Å². The van der Waals surface area contributed by atoms with Crippen molar-refractivity contribution in [3.8, 4) is 11.4 Å². The topological polar surface area (TPSA) is 67.6 Å². The minimum absolute atomic E-state index is 0.244. The second-order valence-electron chi connectivity index (χ2n) is 3.32. The number of rotatable bonds is 1. The summed E-state index contributed by atoms with van der Waals surface area (Å²) in [7, 11) is 0. The summed E-state index contributed by atoms with van der Waals surface area (Å²) in [5.41, 5.74) is 7.64. The molecule has 2 aromatic rings. The maximum atomic E-state index is 5.59. The molecule has 0 radical (unpaired) electrons. The van der Waals surface area contributed by atoms with Crippen LogP contribution in [0, 0.1) is 11.7 Å². The molecule has 0 spiro atoms. The third-order valence-corrected chi connectivity index (χ3v) is 2.79. The maximum Gasteiger partial charge on any atom is 0.224 e. The Bertz CT molecular complexity index is 594. The first-order valence-electron chi connectivity index (χ1n) is 4.56. The van der Waals surface area contributed by atoms with E-state index in [1.165, 1.54) is 0 Å². The smallest absolute Gasteiger partial charge is 0.224 e. The average Bonchev–Trinajstić information content (AvgIpc) is 2.15. The molecule has 6 heteroatoms. The monoisotopic (exact) mass is 296 g/mol. The normalized spacial score (nSPS) is 10.4. The van der Waals surface area contributed by atoms with Gasteiger partial charge in [-0.2, -0.15) is 4.98 Å². The molecule has 2 rings (SSSR count). The van der Waals surface area contributed by atoms with Crippen molar-refractivity contribution in [2.24, 2.45) is 0 Å². The van der Waals surface area contributed by atoms with Gasteiger partial charge in [0.2, 0.25) is 10.7 Å². The molecule has 0 aliphatic carbocycles. The van der Waals surface area contributed by atoms with E-state index in [0.29, 0.717) is 5.82 Å². The SMILES string of the molecule is Cc1cc(Br)ccc1-c1nc(=S)nc(N)[nH]1. The van der Waals surface area contributed by atoms with Crippen molar-refractivity contribution in [3.63, 3.8) is 0 Å². The fourth-order valence-electron chi connectivity index (χ4n) is 1.42. The molecule has 0 aliphatic heterocycles. The minimum Gasteiger partial charge on any atom is -0.369 e. The Kier molecular flexibility index (Phi) is 3.02. The van der Waals surface area contributed by atoms with Crippen LogP contribution in [0.15, 0.2) is 22.7 Å². The Labute approximate surface area is 106 Å². The number of benzene rings is 1. The highest BCUT2D eigenvalue weighted by molar-refractivity contribution is 9.10. The van der Waals surface area contributed by atoms with Crippen molar-refractivity contribution in [3.05, 3.63) is 33.0 Å². The molecule has 0 bridgehead atoms. The first-order chi connectivity index (χ1) is 7.56. The van der Waals surface area contributed by atoms with Crippen molar-refractivity contribution < 1.29 is 0 Å². The van der Waals surface area contributed by atoms with Gasteiger partial charge in [0, 0.05) is 10.0 Å². The zero-order valence-corrected chi connectivity index (χ0v) is 10.9. The van der Waals surface area contributed by atoms with E-state index in [1.807, 2.05) is 25.1 Å². The lowest BCUT2D eigenvalue weighted by molar-refractivity contribution is 1.05. The average molecular weight is 297 g/mol. The number of nitrogens with zero attached hydrogens (tertiary/aromatic N) is 2. The summed E-state index contributed by atoms with van der Waals surface area (Å²) >= 11 is 8.33. The Hall–Kier alpha value is -1.27. The van der Waals surface area contributed by atoms with Gasteiger partial charge in [-0.25, -0.2) is 4.98 Å². The molecule has 0 atom stereocenters. The van der Waals surface area contributed by atoms with E-state index in [0.717, 1.165) is 15.6 Å². The summed E-state index contributed by atoms with van der Waals surface area (Å²) in [5, 5.41) is 0.